The highest BCUT2D eigenvalue weighted by Crippen LogP contribution is 2.43. The van der Waals surface area contributed by atoms with E-state index in [0.29, 0.717) is 17.6 Å². The fraction of sp³-hybridized carbons (Fsp3) is 1.00. The van der Waals surface area contributed by atoms with E-state index in [2.05, 4.69) is 37.7 Å². The second-order valence-corrected chi connectivity index (χ2v) is 6.85. The van der Waals surface area contributed by atoms with Gasteiger partial charge in [0.1, 0.15) is 0 Å². The van der Waals surface area contributed by atoms with Crippen LogP contribution in [0.3, 0.4) is 0 Å². The second-order valence-electron chi connectivity index (χ2n) is 6.85. The molecule has 2 aliphatic rings. The van der Waals surface area contributed by atoms with Gasteiger partial charge in [-0.25, -0.2) is 0 Å². The molecule has 3 nitrogen and oxygen atoms in total. The average Bonchev–Trinajstić information content (AvgIpc) is 2.58. The Balaban J connectivity index is 1.79. The lowest BCUT2D eigenvalue weighted by atomic mass is 9.75. The predicted octanol–water partition coefficient (Wildman–Crippen LogP) is 2.22. The lowest BCUT2D eigenvalue weighted by Crippen LogP contribution is -2.40. The highest BCUT2D eigenvalue weighted by Gasteiger charge is 2.43. The van der Waals surface area contributed by atoms with Crippen molar-refractivity contribution in [3.8, 4) is 0 Å². The lowest BCUT2D eigenvalue weighted by Gasteiger charge is -2.40. The molecule has 2 aliphatic heterocycles. The van der Waals surface area contributed by atoms with Gasteiger partial charge in [-0.2, -0.15) is 0 Å². The van der Waals surface area contributed by atoms with Gasteiger partial charge in [-0.05, 0) is 78.7 Å². The van der Waals surface area contributed by atoms with Gasteiger partial charge >= 0.3 is 0 Å². The molecule has 3 heteroatoms. The van der Waals surface area contributed by atoms with Crippen molar-refractivity contribution in [2.75, 3.05) is 40.3 Å². The van der Waals surface area contributed by atoms with Crippen LogP contribution < -0.4 is 0 Å². The van der Waals surface area contributed by atoms with Gasteiger partial charge in [-0.1, -0.05) is 0 Å². The van der Waals surface area contributed by atoms with Crippen LogP contribution in [0.2, 0.25) is 0 Å². The van der Waals surface area contributed by atoms with E-state index in [1.807, 2.05) is 0 Å². The molecule has 0 saturated carbocycles. The number of likely N-dealkylation sites (tertiary alicyclic amines) is 1. The van der Waals surface area contributed by atoms with Gasteiger partial charge in [0.15, 0.2) is 0 Å². The molecule has 0 aromatic rings. The van der Waals surface area contributed by atoms with Crippen molar-refractivity contribution in [1.82, 2.24) is 9.80 Å². The summed E-state index contributed by atoms with van der Waals surface area (Å²) in [5.41, 5.74) is 0.565. The Morgan fingerprint density at radius 2 is 1.89 bits per heavy atom. The number of rotatable bonds is 4. The summed E-state index contributed by atoms with van der Waals surface area (Å²) in [4.78, 5) is 4.96. The van der Waals surface area contributed by atoms with E-state index in [0.717, 1.165) is 0 Å². The maximum absolute atomic E-state index is 5.90. The van der Waals surface area contributed by atoms with Crippen molar-refractivity contribution in [2.24, 2.45) is 5.41 Å². The highest BCUT2D eigenvalue weighted by molar-refractivity contribution is 4.94. The van der Waals surface area contributed by atoms with Gasteiger partial charge in [0.2, 0.25) is 0 Å². The Labute approximate surface area is 112 Å². The maximum Gasteiger partial charge on any atom is 0.0556 e. The van der Waals surface area contributed by atoms with Crippen LogP contribution in [-0.2, 0) is 4.74 Å². The molecule has 3 atom stereocenters. The molecule has 0 radical (unpaired) electrons. The molecule has 106 valence electrons. The van der Waals surface area contributed by atoms with E-state index in [1.165, 1.54) is 51.9 Å². The first-order valence-corrected chi connectivity index (χ1v) is 7.52. The van der Waals surface area contributed by atoms with E-state index in [1.54, 1.807) is 0 Å². The number of hydrogen-bond donors (Lipinski definition) is 0. The molecule has 0 aromatic heterocycles. The van der Waals surface area contributed by atoms with Crippen LogP contribution in [0.4, 0.5) is 0 Å². The van der Waals surface area contributed by atoms with E-state index in [4.69, 9.17) is 4.74 Å². The summed E-state index contributed by atoms with van der Waals surface area (Å²) in [7, 11) is 4.32. The zero-order valence-electron chi connectivity index (χ0n) is 12.6. The Morgan fingerprint density at radius 1 is 1.22 bits per heavy atom. The highest BCUT2D eigenvalue weighted by atomic mass is 16.5. The monoisotopic (exact) mass is 254 g/mol. The summed E-state index contributed by atoms with van der Waals surface area (Å²) >= 11 is 0. The minimum atomic E-state index is 0.454. The van der Waals surface area contributed by atoms with Crippen LogP contribution in [0, 0.1) is 5.41 Å². The minimum absolute atomic E-state index is 0.454. The lowest BCUT2D eigenvalue weighted by molar-refractivity contribution is -0.0836. The van der Waals surface area contributed by atoms with Crippen LogP contribution in [0.5, 0.6) is 0 Å². The molecule has 0 amide bonds. The Kier molecular flexibility index (Phi) is 4.68. The van der Waals surface area contributed by atoms with Gasteiger partial charge in [0.05, 0.1) is 12.2 Å². The molecular formula is C15H30N2O. The summed E-state index contributed by atoms with van der Waals surface area (Å²) in [6.07, 6.45) is 6.12. The number of nitrogens with zero attached hydrogens (tertiary/aromatic N) is 2. The van der Waals surface area contributed by atoms with Gasteiger partial charge in [0.25, 0.3) is 0 Å². The molecule has 1 unspecified atom stereocenters. The third-order valence-electron chi connectivity index (χ3n) is 4.50. The third-order valence-corrected chi connectivity index (χ3v) is 4.50. The average molecular weight is 254 g/mol. The molecule has 2 rings (SSSR count). The predicted molar refractivity (Wildman–Crippen MR) is 75.9 cm³/mol. The first-order chi connectivity index (χ1) is 8.49. The molecular weight excluding hydrogens is 224 g/mol. The molecule has 1 spiro atoms. The summed E-state index contributed by atoms with van der Waals surface area (Å²) in [6.45, 7) is 9.56. The normalized spacial score (nSPS) is 37.8. The second kappa shape index (κ2) is 5.89. The van der Waals surface area contributed by atoms with Crippen LogP contribution >= 0.6 is 0 Å². The zero-order valence-corrected chi connectivity index (χ0v) is 12.6. The molecule has 0 aliphatic carbocycles. The van der Waals surface area contributed by atoms with Crippen molar-refractivity contribution in [3.63, 3.8) is 0 Å². The van der Waals surface area contributed by atoms with E-state index in [9.17, 15) is 0 Å². The van der Waals surface area contributed by atoms with E-state index >= 15 is 0 Å². The summed E-state index contributed by atoms with van der Waals surface area (Å²) < 4.78 is 5.90. The topological polar surface area (TPSA) is 15.7 Å². The number of ether oxygens (including phenoxy) is 1. The van der Waals surface area contributed by atoms with Gasteiger partial charge in [0, 0.05) is 6.54 Å². The molecule has 18 heavy (non-hydrogen) atoms. The van der Waals surface area contributed by atoms with Crippen molar-refractivity contribution in [3.05, 3.63) is 0 Å². The molecule has 0 aromatic carbocycles. The van der Waals surface area contributed by atoms with Crippen molar-refractivity contribution < 1.29 is 4.74 Å². The Bertz CT molecular complexity index is 257. The molecule has 2 heterocycles. The maximum atomic E-state index is 5.90. The Hall–Kier alpha value is -0.120. The van der Waals surface area contributed by atoms with Crippen LogP contribution in [0.25, 0.3) is 0 Å². The van der Waals surface area contributed by atoms with Crippen molar-refractivity contribution >= 4 is 0 Å². The molecule has 0 N–H and O–H groups in total. The molecule has 2 fully saturated rings. The first-order valence-electron chi connectivity index (χ1n) is 7.52. The quantitative estimate of drug-likeness (QED) is 0.765. The minimum Gasteiger partial charge on any atom is -0.376 e. The SMILES string of the molecule is C[C@@H]1CC2(CCN(CCCN(C)C)C2)C[C@H](C)O1. The van der Waals surface area contributed by atoms with Gasteiger partial charge in [-0.3, -0.25) is 0 Å². The van der Waals surface area contributed by atoms with Crippen molar-refractivity contribution in [1.29, 1.82) is 0 Å². The van der Waals surface area contributed by atoms with Crippen LogP contribution in [0.1, 0.15) is 39.5 Å². The van der Waals surface area contributed by atoms with Crippen molar-refractivity contribution in [2.45, 2.75) is 51.7 Å². The van der Waals surface area contributed by atoms with Gasteiger partial charge in [-0.15, -0.1) is 0 Å². The van der Waals surface area contributed by atoms with Crippen LogP contribution in [-0.4, -0.2) is 62.3 Å². The molecule has 2 saturated heterocycles. The van der Waals surface area contributed by atoms with Gasteiger partial charge < -0.3 is 14.5 Å². The fourth-order valence-electron chi connectivity index (χ4n) is 3.96. The van der Waals surface area contributed by atoms with E-state index < -0.39 is 0 Å². The first kappa shape index (κ1) is 14.3. The largest absolute Gasteiger partial charge is 0.376 e. The summed E-state index contributed by atoms with van der Waals surface area (Å²) in [5.74, 6) is 0. The third kappa shape index (κ3) is 3.69. The summed E-state index contributed by atoms with van der Waals surface area (Å²) in [6, 6.07) is 0. The zero-order chi connectivity index (χ0) is 13.2. The van der Waals surface area contributed by atoms with Crippen LogP contribution in [0.15, 0.2) is 0 Å². The molecule has 0 bridgehead atoms. The fourth-order valence-corrected chi connectivity index (χ4v) is 3.96. The Morgan fingerprint density at radius 3 is 2.50 bits per heavy atom. The smallest absolute Gasteiger partial charge is 0.0556 e. The number of hydrogen-bond acceptors (Lipinski definition) is 3. The van der Waals surface area contributed by atoms with E-state index in [-0.39, 0.29) is 0 Å². The summed E-state index contributed by atoms with van der Waals surface area (Å²) in [5, 5.41) is 0. The standard InChI is InChI=1S/C15H30N2O/c1-13-10-15(11-14(2)18-13)6-9-17(12-15)8-5-7-16(3)4/h13-14H,5-12H2,1-4H3/t13-,14+,15?.